The number of non-ortho nitro benzene ring substituents is 1. The number of hydrazone groups is 1. The Morgan fingerprint density at radius 3 is 2.16 bits per heavy atom. The number of nitro benzene ring substituents is 1. The molecule has 0 heterocycles. The minimum Gasteiger partial charge on any atom is -0.278 e. The molecule has 0 spiro atoms. The largest absolute Gasteiger partial charge is 0.278 e. The van der Waals surface area contributed by atoms with Gasteiger partial charge < -0.3 is 0 Å². The third-order valence-corrected chi connectivity index (χ3v) is 5.10. The summed E-state index contributed by atoms with van der Waals surface area (Å²) < 4.78 is 35.8. The highest BCUT2D eigenvalue weighted by Gasteiger charge is 2.08. The van der Waals surface area contributed by atoms with E-state index in [0.29, 0.717) is 17.0 Å². The molecule has 3 aromatic rings. The van der Waals surface area contributed by atoms with Crippen LogP contribution in [-0.4, -0.2) is 19.1 Å². The van der Waals surface area contributed by atoms with Crippen molar-refractivity contribution in [3.8, 4) is 0 Å². The first-order valence-corrected chi connectivity index (χ1v) is 10.4. The van der Waals surface area contributed by atoms with Crippen molar-refractivity contribution in [2.45, 2.75) is 4.90 Å². The molecule has 0 aliphatic rings. The Labute approximate surface area is 177 Å². The second-order valence-electron chi connectivity index (χ2n) is 6.37. The molecule has 31 heavy (non-hydrogen) atoms. The van der Waals surface area contributed by atoms with Gasteiger partial charge in [-0.2, -0.15) is 5.10 Å². The summed E-state index contributed by atoms with van der Waals surface area (Å²) in [6, 6.07) is 17.4. The Kier molecular flexibility index (Phi) is 6.53. The summed E-state index contributed by atoms with van der Waals surface area (Å²) in [5.74, 6) is -0.356. The number of nitrogens with one attached hydrogen (secondary N) is 1. The average Bonchev–Trinajstić information content (AvgIpc) is 2.75. The fraction of sp³-hybridized carbons (Fsp3) is 0. The molecule has 0 radical (unpaired) electrons. The minimum absolute atomic E-state index is 0.0335. The first-order valence-electron chi connectivity index (χ1n) is 8.87. The van der Waals surface area contributed by atoms with Gasteiger partial charge in [-0.15, -0.1) is 0 Å². The van der Waals surface area contributed by atoms with Crippen molar-refractivity contribution in [2.24, 2.45) is 10.2 Å². The maximum absolute atomic E-state index is 13.1. The minimum atomic E-state index is -3.80. The van der Waals surface area contributed by atoms with Crippen molar-refractivity contribution in [3.05, 3.63) is 106 Å². The molecule has 0 fully saturated rings. The van der Waals surface area contributed by atoms with Gasteiger partial charge in [-0.3, -0.25) is 15.5 Å². The number of nitrogens with two attached hydrogens (primary N) is 1. The van der Waals surface area contributed by atoms with E-state index in [4.69, 9.17) is 5.14 Å². The SMILES string of the molecule is NS(=O)(=O)c1ccc(NN=C(C=Cc2ccc(F)cc2)c2ccc([N+](=O)[O-])cc2)cc1. The Balaban J connectivity index is 1.90. The number of halogens is 1. The Hall–Kier alpha value is -3.89. The predicted octanol–water partition coefficient (Wildman–Crippen LogP) is 3.91. The molecule has 0 aliphatic carbocycles. The van der Waals surface area contributed by atoms with E-state index in [1.54, 1.807) is 36.4 Å². The van der Waals surface area contributed by atoms with Gasteiger partial charge in [-0.1, -0.05) is 18.2 Å². The molecule has 0 saturated carbocycles. The predicted molar refractivity (Wildman–Crippen MR) is 117 cm³/mol. The van der Waals surface area contributed by atoms with Crippen LogP contribution in [0.5, 0.6) is 0 Å². The van der Waals surface area contributed by atoms with Crippen LogP contribution in [-0.2, 0) is 10.0 Å². The number of primary sulfonamides is 1. The fourth-order valence-corrected chi connectivity index (χ4v) is 3.06. The highest BCUT2D eigenvalue weighted by molar-refractivity contribution is 7.89. The highest BCUT2D eigenvalue weighted by atomic mass is 32.2. The molecule has 10 heteroatoms. The van der Waals surface area contributed by atoms with Gasteiger partial charge in [-0.25, -0.2) is 17.9 Å². The van der Waals surface area contributed by atoms with Gasteiger partial charge in [0.15, 0.2) is 0 Å². The number of sulfonamides is 1. The molecule has 0 saturated heterocycles. The quantitative estimate of drug-likeness (QED) is 0.327. The lowest BCUT2D eigenvalue weighted by Gasteiger charge is -2.06. The van der Waals surface area contributed by atoms with Crippen molar-refractivity contribution in [1.29, 1.82) is 0 Å². The summed E-state index contributed by atoms with van der Waals surface area (Å²) in [4.78, 5) is 10.4. The molecule has 0 amide bonds. The average molecular weight is 440 g/mol. The Morgan fingerprint density at radius 1 is 1.00 bits per heavy atom. The number of nitrogens with zero attached hydrogens (tertiary/aromatic N) is 2. The molecular weight excluding hydrogens is 423 g/mol. The van der Waals surface area contributed by atoms with Crippen LogP contribution in [0.25, 0.3) is 6.08 Å². The van der Waals surface area contributed by atoms with Gasteiger partial charge in [0.1, 0.15) is 5.82 Å². The monoisotopic (exact) mass is 440 g/mol. The van der Waals surface area contributed by atoms with E-state index < -0.39 is 14.9 Å². The second kappa shape index (κ2) is 9.28. The fourth-order valence-electron chi connectivity index (χ4n) is 2.54. The number of anilines is 1. The van der Waals surface area contributed by atoms with Crippen LogP contribution in [0.15, 0.2) is 88.9 Å². The normalized spacial score (nSPS) is 12.1. The summed E-state index contributed by atoms with van der Waals surface area (Å²) in [5, 5.41) is 20.3. The lowest BCUT2D eigenvalue weighted by atomic mass is 10.1. The molecule has 0 aliphatic heterocycles. The van der Waals surface area contributed by atoms with Crippen molar-refractivity contribution in [3.63, 3.8) is 0 Å². The van der Waals surface area contributed by atoms with Crippen molar-refractivity contribution >= 4 is 33.2 Å². The zero-order valence-corrected chi connectivity index (χ0v) is 16.8. The smallest absolute Gasteiger partial charge is 0.269 e. The summed E-state index contributed by atoms with van der Waals surface area (Å²) in [6.07, 6.45) is 3.38. The van der Waals surface area contributed by atoms with Gasteiger partial charge in [0, 0.05) is 17.7 Å². The summed E-state index contributed by atoms with van der Waals surface area (Å²) >= 11 is 0. The Morgan fingerprint density at radius 2 is 1.61 bits per heavy atom. The molecule has 158 valence electrons. The van der Waals surface area contributed by atoms with Crippen LogP contribution < -0.4 is 10.6 Å². The first-order chi connectivity index (χ1) is 14.7. The highest BCUT2D eigenvalue weighted by Crippen LogP contribution is 2.16. The van der Waals surface area contributed by atoms with Crippen LogP contribution in [0, 0.1) is 15.9 Å². The molecular formula is C21H17FN4O4S. The maximum atomic E-state index is 13.1. The molecule has 3 aromatic carbocycles. The first kappa shape index (κ1) is 21.8. The van der Waals surface area contributed by atoms with Crippen LogP contribution in [0.2, 0.25) is 0 Å². The topological polar surface area (TPSA) is 128 Å². The van der Waals surface area contributed by atoms with Crippen LogP contribution in [0.3, 0.4) is 0 Å². The number of allylic oxidation sites excluding steroid dienone is 1. The molecule has 0 atom stereocenters. The van der Waals surface area contributed by atoms with Crippen LogP contribution >= 0.6 is 0 Å². The van der Waals surface area contributed by atoms with Crippen molar-refractivity contribution in [2.75, 3.05) is 5.43 Å². The molecule has 0 bridgehead atoms. The van der Waals surface area contributed by atoms with Gasteiger partial charge >= 0.3 is 0 Å². The van der Waals surface area contributed by atoms with Gasteiger partial charge in [0.25, 0.3) is 5.69 Å². The Bertz CT molecular complexity index is 1240. The van der Waals surface area contributed by atoms with Crippen molar-refractivity contribution < 1.29 is 17.7 Å². The van der Waals surface area contributed by atoms with Crippen LogP contribution in [0.1, 0.15) is 11.1 Å². The zero-order chi connectivity index (χ0) is 22.4. The van der Waals surface area contributed by atoms with E-state index >= 15 is 0 Å². The summed E-state index contributed by atoms with van der Waals surface area (Å²) in [6.45, 7) is 0. The summed E-state index contributed by atoms with van der Waals surface area (Å²) in [5.41, 5.74) is 5.02. The maximum Gasteiger partial charge on any atom is 0.269 e. The van der Waals surface area contributed by atoms with Crippen molar-refractivity contribution in [1.82, 2.24) is 0 Å². The molecule has 0 aromatic heterocycles. The van der Waals surface area contributed by atoms with Gasteiger partial charge in [0.2, 0.25) is 10.0 Å². The van der Waals surface area contributed by atoms with E-state index in [2.05, 4.69) is 10.5 Å². The number of hydrogen-bond acceptors (Lipinski definition) is 6. The molecule has 0 unspecified atom stereocenters. The van der Waals surface area contributed by atoms with E-state index in [1.807, 2.05) is 0 Å². The second-order valence-corrected chi connectivity index (χ2v) is 7.93. The number of rotatable bonds is 7. The number of hydrogen-bond donors (Lipinski definition) is 2. The molecule has 8 nitrogen and oxygen atoms in total. The summed E-state index contributed by atoms with van der Waals surface area (Å²) in [7, 11) is -3.80. The molecule has 3 N–H and O–H groups in total. The lowest BCUT2D eigenvalue weighted by Crippen LogP contribution is -2.11. The van der Waals surface area contributed by atoms with Gasteiger partial charge in [-0.05, 0) is 60.2 Å². The lowest BCUT2D eigenvalue weighted by molar-refractivity contribution is -0.384. The molecule has 3 rings (SSSR count). The van der Waals surface area contributed by atoms with Gasteiger partial charge in [0.05, 0.1) is 21.2 Å². The van der Waals surface area contributed by atoms with E-state index in [9.17, 15) is 22.9 Å². The third-order valence-electron chi connectivity index (χ3n) is 4.17. The van der Waals surface area contributed by atoms with E-state index in [1.165, 1.54) is 48.5 Å². The van der Waals surface area contributed by atoms with E-state index in [0.717, 1.165) is 5.56 Å². The van der Waals surface area contributed by atoms with Crippen LogP contribution in [0.4, 0.5) is 15.8 Å². The van der Waals surface area contributed by atoms with E-state index in [-0.39, 0.29) is 16.4 Å². The zero-order valence-electron chi connectivity index (χ0n) is 16.0. The number of nitro groups is 1. The number of benzene rings is 3. The standard InChI is InChI=1S/C21H17FN4O4S/c22-17-6-1-15(2-7-17)3-14-21(16-4-10-19(11-5-16)26(27)28)25-24-18-8-12-20(13-9-18)31(23,29)30/h1-14,24H,(H2,23,29,30). The third kappa shape index (κ3) is 6.04.